The third kappa shape index (κ3) is 2.93. The predicted octanol–water partition coefficient (Wildman–Crippen LogP) is 4.36. The van der Waals surface area contributed by atoms with E-state index in [2.05, 4.69) is 11.1 Å². The van der Waals surface area contributed by atoms with E-state index >= 15 is 0 Å². The Morgan fingerprint density at radius 1 is 1.23 bits per heavy atom. The number of rotatable bonds is 3. The summed E-state index contributed by atoms with van der Waals surface area (Å²) in [4.78, 5) is 11.3. The number of hydrogen-bond acceptors (Lipinski definition) is 5. The number of hydrazone groups is 1. The first kappa shape index (κ1) is 18.7. The maximum atomic E-state index is 11.3. The number of carboxylic acid groups (broad SMARTS) is 1. The van der Waals surface area contributed by atoms with Crippen LogP contribution in [0.25, 0.3) is 0 Å². The molecule has 6 nitrogen and oxygen atoms in total. The van der Waals surface area contributed by atoms with Crippen LogP contribution in [0.4, 0.5) is 5.69 Å². The van der Waals surface area contributed by atoms with E-state index in [0.29, 0.717) is 23.8 Å². The quantitative estimate of drug-likeness (QED) is 0.826. The molecule has 1 aliphatic carbocycles. The molecule has 2 aromatic carbocycles. The van der Waals surface area contributed by atoms with Gasteiger partial charge in [-0.15, -0.1) is 0 Å². The van der Waals surface area contributed by atoms with Crippen molar-refractivity contribution in [3.8, 4) is 11.8 Å². The zero-order valence-electron chi connectivity index (χ0n) is 16.8. The zero-order valence-corrected chi connectivity index (χ0v) is 16.8. The van der Waals surface area contributed by atoms with Gasteiger partial charge in [-0.1, -0.05) is 12.8 Å². The first-order valence-electron chi connectivity index (χ1n) is 10.5. The van der Waals surface area contributed by atoms with Crippen LogP contribution in [0.15, 0.2) is 41.5 Å². The number of hydrogen-bond donors (Lipinski definition) is 1. The average molecular weight is 401 g/mol. The first-order valence-corrected chi connectivity index (χ1v) is 10.5. The summed E-state index contributed by atoms with van der Waals surface area (Å²) in [5, 5.41) is 25.8. The van der Waals surface area contributed by atoms with Crippen molar-refractivity contribution in [3.63, 3.8) is 0 Å². The summed E-state index contributed by atoms with van der Waals surface area (Å²) in [5.74, 6) is 0.311. The number of ether oxygens (including phenoxy) is 1. The molecule has 2 unspecified atom stereocenters. The first-order chi connectivity index (χ1) is 14.6. The number of aryl methyl sites for hydroxylation is 1. The van der Waals surface area contributed by atoms with E-state index in [0.717, 1.165) is 22.5 Å². The zero-order chi connectivity index (χ0) is 20.8. The fraction of sp³-hybridized carbons (Fsp3) is 0.375. The number of anilines is 1. The van der Waals surface area contributed by atoms with E-state index in [-0.39, 0.29) is 17.5 Å². The van der Waals surface area contributed by atoms with E-state index in [9.17, 15) is 15.2 Å². The number of nitriles is 1. The van der Waals surface area contributed by atoms with Gasteiger partial charge in [0.15, 0.2) is 0 Å². The van der Waals surface area contributed by atoms with Gasteiger partial charge in [0.1, 0.15) is 5.75 Å². The Labute approximate surface area is 175 Å². The largest absolute Gasteiger partial charge is 0.492 e. The highest BCUT2D eigenvalue weighted by Gasteiger charge is 2.46. The van der Waals surface area contributed by atoms with Crippen molar-refractivity contribution >= 4 is 17.4 Å². The van der Waals surface area contributed by atoms with Gasteiger partial charge in [0.2, 0.25) is 0 Å². The third-order valence-electron chi connectivity index (χ3n) is 6.66. The van der Waals surface area contributed by atoms with Crippen LogP contribution in [0, 0.1) is 30.1 Å². The number of nitrogens with zero attached hydrogens (tertiary/aromatic N) is 3. The Hall–Kier alpha value is -3.33. The second-order valence-electron chi connectivity index (χ2n) is 8.41. The van der Waals surface area contributed by atoms with Crippen molar-refractivity contribution in [2.75, 3.05) is 11.6 Å². The molecule has 0 radical (unpaired) electrons. The normalized spacial score (nSPS) is 22.7. The average Bonchev–Trinajstić information content (AvgIpc) is 3.40. The molecule has 1 fully saturated rings. The minimum absolute atomic E-state index is 0.146. The molecule has 0 saturated heterocycles. The smallest absolute Gasteiger partial charge is 0.335 e. The Morgan fingerprint density at radius 3 is 2.73 bits per heavy atom. The van der Waals surface area contributed by atoms with Gasteiger partial charge in [-0.05, 0) is 67.6 Å². The van der Waals surface area contributed by atoms with Gasteiger partial charge >= 0.3 is 5.97 Å². The molecule has 1 saturated carbocycles. The van der Waals surface area contributed by atoms with Crippen LogP contribution in [0.1, 0.15) is 52.7 Å². The summed E-state index contributed by atoms with van der Waals surface area (Å²) in [5.41, 5.74) is 4.69. The highest BCUT2D eigenvalue weighted by atomic mass is 16.5. The fourth-order valence-electron chi connectivity index (χ4n) is 5.16. The number of benzene rings is 2. The molecule has 2 aromatic rings. The maximum absolute atomic E-state index is 11.3. The van der Waals surface area contributed by atoms with Gasteiger partial charge in [0.25, 0.3) is 0 Å². The van der Waals surface area contributed by atoms with Gasteiger partial charge in [-0.2, -0.15) is 10.4 Å². The molecule has 0 amide bonds. The van der Waals surface area contributed by atoms with Crippen molar-refractivity contribution in [3.05, 3.63) is 58.7 Å². The van der Waals surface area contributed by atoms with Gasteiger partial charge in [0, 0.05) is 5.56 Å². The molecule has 6 heteroatoms. The van der Waals surface area contributed by atoms with Crippen molar-refractivity contribution in [1.82, 2.24) is 0 Å². The van der Waals surface area contributed by atoms with Crippen LogP contribution in [-0.2, 0) is 0 Å². The lowest BCUT2D eigenvalue weighted by Crippen LogP contribution is -2.43. The molecule has 2 heterocycles. The van der Waals surface area contributed by atoms with Crippen LogP contribution >= 0.6 is 0 Å². The second-order valence-corrected chi connectivity index (χ2v) is 8.41. The number of carboxylic acids is 1. The van der Waals surface area contributed by atoms with Crippen molar-refractivity contribution in [2.45, 2.75) is 38.6 Å². The van der Waals surface area contributed by atoms with E-state index < -0.39 is 5.97 Å². The lowest BCUT2D eigenvalue weighted by Gasteiger charge is -2.34. The summed E-state index contributed by atoms with van der Waals surface area (Å²) >= 11 is 0. The molecular weight excluding hydrogens is 378 g/mol. The number of fused-ring (bicyclic) bond motifs is 3. The highest BCUT2D eigenvalue weighted by Crippen LogP contribution is 2.44. The summed E-state index contributed by atoms with van der Waals surface area (Å²) in [6.07, 6.45) is 4.84. The van der Waals surface area contributed by atoms with E-state index in [4.69, 9.17) is 9.84 Å². The number of aromatic carboxylic acids is 1. The number of carbonyl (C=O) groups is 1. The van der Waals surface area contributed by atoms with Crippen LogP contribution in [0.5, 0.6) is 5.75 Å². The topological polar surface area (TPSA) is 85.9 Å². The van der Waals surface area contributed by atoms with Gasteiger partial charge < -0.3 is 9.84 Å². The molecule has 0 bridgehead atoms. The predicted molar refractivity (Wildman–Crippen MR) is 113 cm³/mol. The molecule has 2 atom stereocenters. The van der Waals surface area contributed by atoms with Gasteiger partial charge in [-0.3, -0.25) is 5.01 Å². The molecule has 1 N–H and O–H groups in total. The summed E-state index contributed by atoms with van der Waals surface area (Å²) in [6, 6.07) is 13.4. The lowest BCUT2D eigenvalue weighted by atomic mass is 9.81. The van der Waals surface area contributed by atoms with Gasteiger partial charge in [-0.25, -0.2) is 4.79 Å². The van der Waals surface area contributed by atoms with Crippen LogP contribution < -0.4 is 9.75 Å². The van der Waals surface area contributed by atoms with Crippen LogP contribution in [-0.4, -0.2) is 29.4 Å². The molecular formula is C24H23N3O3. The Bertz CT molecular complexity index is 1100. The Morgan fingerprint density at radius 2 is 2.03 bits per heavy atom. The van der Waals surface area contributed by atoms with Crippen LogP contribution in [0.3, 0.4) is 0 Å². The van der Waals surface area contributed by atoms with E-state index in [1.165, 1.54) is 25.7 Å². The standard InChI is InChI=1S/C24H23N3O3/c1-14-10-18(8-6-17(14)12-25)27-23(15-4-2-3-5-15)20-13-30-21-11-16(24(28)29)7-9-19(21)22(20)26-27/h6-11,15,20,23H,2-5,13H2,1H3,(H,28,29). The Kier molecular flexibility index (Phi) is 4.47. The maximum Gasteiger partial charge on any atom is 0.335 e. The summed E-state index contributed by atoms with van der Waals surface area (Å²) < 4.78 is 6.05. The second kappa shape index (κ2) is 7.17. The molecule has 3 aliphatic rings. The van der Waals surface area contributed by atoms with E-state index in [1.807, 2.05) is 31.2 Å². The summed E-state index contributed by atoms with van der Waals surface area (Å²) in [6.45, 7) is 2.45. The lowest BCUT2D eigenvalue weighted by molar-refractivity contribution is 0.0696. The molecule has 2 aliphatic heterocycles. The molecule has 152 valence electrons. The minimum atomic E-state index is -0.963. The van der Waals surface area contributed by atoms with E-state index in [1.54, 1.807) is 12.1 Å². The van der Waals surface area contributed by atoms with Crippen molar-refractivity contribution in [1.29, 1.82) is 5.26 Å². The molecule has 5 rings (SSSR count). The molecule has 0 aromatic heterocycles. The van der Waals surface area contributed by atoms with Crippen molar-refractivity contribution in [2.24, 2.45) is 16.9 Å². The van der Waals surface area contributed by atoms with Crippen LogP contribution in [0.2, 0.25) is 0 Å². The van der Waals surface area contributed by atoms with Crippen molar-refractivity contribution < 1.29 is 14.6 Å². The molecule has 30 heavy (non-hydrogen) atoms. The fourth-order valence-corrected chi connectivity index (χ4v) is 5.16. The third-order valence-corrected chi connectivity index (χ3v) is 6.66. The monoisotopic (exact) mass is 401 g/mol. The Balaban J connectivity index is 1.59. The minimum Gasteiger partial charge on any atom is -0.492 e. The summed E-state index contributed by atoms with van der Waals surface area (Å²) in [7, 11) is 0. The molecule has 0 spiro atoms. The SMILES string of the molecule is Cc1cc(N2N=C3c4ccc(C(=O)O)cc4OCC3C2C2CCCC2)ccc1C#N. The van der Waals surface area contributed by atoms with Gasteiger partial charge in [0.05, 0.1) is 47.2 Å². The highest BCUT2D eigenvalue weighted by molar-refractivity contribution is 6.08.